The van der Waals surface area contributed by atoms with E-state index in [9.17, 15) is 4.79 Å². The number of hydrogen-bond donors (Lipinski definition) is 2. The zero-order valence-corrected chi connectivity index (χ0v) is 11.2. The number of rotatable bonds is 1. The van der Waals surface area contributed by atoms with Crippen LogP contribution in [0.2, 0.25) is 0 Å². The fourth-order valence-corrected chi connectivity index (χ4v) is 1.99. The molecule has 18 heavy (non-hydrogen) atoms. The second-order valence-corrected chi connectivity index (χ2v) is 5.76. The number of amides is 1. The van der Waals surface area contributed by atoms with Gasteiger partial charge in [-0.25, -0.2) is 14.8 Å². The van der Waals surface area contributed by atoms with Gasteiger partial charge in [-0.2, -0.15) is 0 Å². The number of aromatic nitrogens is 2. The number of hydrogen-bond acceptors (Lipinski definition) is 6. The molecule has 0 aliphatic carbocycles. The largest absolute Gasteiger partial charge is 0.444 e. The van der Waals surface area contributed by atoms with Crippen molar-refractivity contribution < 1.29 is 9.53 Å². The summed E-state index contributed by atoms with van der Waals surface area (Å²) < 4.78 is 6.00. The van der Waals surface area contributed by atoms with Gasteiger partial charge in [-0.05, 0) is 32.9 Å². The van der Waals surface area contributed by atoms with Crippen LogP contribution in [0.25, 0.3) is 10.3 Å². The van der Waals surface area contributed by atoms with Crippen LogP contribution in [0.3, 0.4) is 0 Å². The van der Waals surface area contributed by atoms with Gasteiger partial charge in [0, 0.05) is 0 Å². The van der Waals surface area contributed by atoms with Gasteiger partial charge in [-0.1, -0.05) is 11.3 Å². The van der Waals surface area contributed by atoms with E-state index >= 15 is 0 Å². The molecule has 1 amide bonds. The molecule has 96 valence electrons. The van der Waals surface area contributed by atoms with Gasteiger partial charge in [0.05, 0.1) is 4.70 Å². The third-order valence-electron chi connectivity index (χ3n) is 1.90. The van der Waals surface area contributed by atoms with Gasteiger partial charge >= 0.3 is 6.09 Å². The molecule has 0 atom stereocenters. The van der Waals surface area contributed by atoms with Crippen molar-refractivity contribution in [1.29, 1.82) is 0 Å². The van der Waals surface area contributed by atoms with Crippen molar-refractivity contribution >= 4 is 38.7 Å². The van der Waals surface area contributed by atoms with Crippen LogP contribution in [0.15, 0.2) is 12.1 Å². The molecule has 6 nitrogen and oxygen atoms in total. The predicted molar refractivity (Wildman–Crippen MR) is 71.7 cm³/mol. The lowest BCUT2D eigenvalue weighted by Crippen LogP contribution is -2.27. The summed E-state index contributed by atoms with van der Waals surface area (Å²) in [6.07, 6.45) is -0.544. The summed E-state index contributed by atoms with van der Waals surface area (Å²) in [5.41, 5.74) is 5.56. The third-order valence-corrected chi connectivity index (χ3v) is 2.74. The summed E-state index contributed by atoms with van der Waals surface area (Å²) in [6, 6.07) is 3.49. The molecular formula is C11H14N4O2S. The number of fused-ring (bicyclic) bond motifs is 1. The molecular weight excluding hydrogens is 252 g/mol. The van der Waals surface area contributed by atoms with Crippen molar-refractivity contribution in [3.8, 4) is 0 Å². The molecule has 2 rings (SSSR count). The summed E-state index contributed by atoms with van der Waals surface area (Å²) in [5.74, 6) is 0.391. The van der Waals surface area contributed by atoms with Crippen LogP contribution in [-0.2, 0) is 4.74 Å². The second kappa shape index (κ2) is 4.41. The Bertz CT molecular complexity index is 588. The first kappa shape index (κ1) is 12.6. The van der Waals surface area contributed by atoms with Gasteiger partial charge < -0.3 is 10.5 Å². The van der Waals surface area contributed by atoms with E-state index in [-0.39, 0.29) is 0 Å². The SMILES string of the molecule is CC(C)(C)OC(=O)Nc1ccc2sc(N)nc2n1. The Hall–Kier alpha value is -1.89. The Morgan fingerprint density at radius 1 is 1.39 bits per heavy atom. The zero-order chi connectivity index (χ0) is 13.3. The first-order valence-electron chi connectivity index (χ1n) is 5.36. The van der Waals surface area contributed by atoms with E-state index in [0.29, 0.717) is 16.6 Å². The van der Waals surface area contributed by atoms with Gasteiger partial charge in [0.2, 0.25) is 0 Å². The lowest BCUT2D eigenvalue weighted by atomic mass is 10.2. The van der Waals surface area contributed by atoms with Crippen molar-refractivity contribution in [2.24, 2.45) is 0 Å². The van der Waals surface area contributed by atoms with Crippen molar-refractivity contribution in [1.82, 2.24) is 9.97 Å². The molecule has 2 aromatic heterocycles. The maximum Gasteiger partial charge on any atom is 0.413 e. The molecule has 0 aliphatic heterocycles. The standard InChI is InChI=1S/C11H14N4O2S/c1-11(2,3)17-10(16)14-7-5-4-6-8(13-7)15-9(12)18-6/h4-5H,1-3H3,(H3,12,13,14,15,16). The van der Waals surface area contributed by atoms with Crippen molar-refractivity contribution in [3.63, 3.8) is 0 Å². The van der Waals surface area contributed by atoms with Crippen LogP contribution in [0.4, 0.5) is 15.7 Å². The second-order valence-electron chi connectivity index (χ2n) is 4.70. The predicted octanol–water partition coefficient (Wildman–Crippen LogP) is 2.62. The minimum atomic E-state index is -0.544. The molecule has 3 N–H and O–H groups in total. The number of carbonyl (C=O) groups is 1. The lowest BCUT2D eigenvalue weighted by Gasteiger charge is -2.19. The fourth-order valence-electron chi connectivity index (χ4n) is 1.31. The van der Waals surface area contributed by atoms with Crippen molar-refractivity contribution in [2.75, 3.05) is 11.1 Å². The van der Waals surface area contributed by atoms with Crippen LogP contribution in [0, 0.1) is 0 Å². The summed E-state index contributed by atoms with van der Waals surface area (Å²) in [6.45, 7) is 5.39. The van der Waals surface area contributed by atoms with Gasteiger partial charge in [0.1, 0.15) is 11.4 Å². The maximum absolute atomic E-state index is 11.6. The van der Waals surface area contributed by atoms with Crippen molar-refractivity contribution in [2.45, 2.75) is 26.4 Å². The molecule has 0 saturated heterocycles. The quantitative estimate of drug-likeness (QED) is 0.828. The molecule has 0 saturated carbocycles. The molecule has 0 aromatic carbocycles. The highest BCUT2D eigenvalue weighted by Crippen LogP contribution is 2.23. The van der Waals surface area contributed by atoms with E-state index in [0.717, 1.165) is 4.70 Å². The number of pyridine rings is 1. The third kappa shape index (κ3) is 3.07. The molecule has 0 fully saturated rings. The van der Waals surface area contributed by atoms with E-state index < -0.39 is 11.7 Å². The summed E-state index contributed by atoms with van der Waals surface area (Å²) in [7, 11) is 0. The van der Waals surface area contributed by atoms with E-state index in [4.69, 9.17) is 10.5 Å². The summed E-state index contributed by atoms with van der Waals surface area (Å²) in [5, 5.41) is 3.00. The smallest absolute Gasteiger partial charge is 0.413 e. The van der Waals surface area contributed by atoms with Crippen LogP contribution in [-0.4, -0.2) is 21.7 Å². The Balaban J connectivity index is 2.14. The van der Waals surface area contributed by atoms with Crippen LogP contribution >= 0.6 is 11.3 Å². The maximum atomic E-state index is 11.6. The van der Waals surface area contributed by atoms with Gasteiger partial charge in [0.25, 0.3) is 0 Å². The summed E-state index contributed by atoms with van der Waals surface area (Å²) in [4.78, 5) is 19.8. The van der Waals surface area contributed by atoms with Crippen LogP contribution < -0.4 is 11.1 Å². The highest BCUT2D eigenvalue weighted by Gasteiger charge is 2.16. The normalized spacial score (nSPS) is 11.5. The molecule has 0 bridgehead atoms. The Morgan fingerprint density at radius 2 is 2.11 bits per heavy atom. The fraction of sp³-hybridized carbons (Fsp3) is 0.364. The number of nitrogens with zero attached hydrogens (tertiary/aromatic N) is 2. The lowest BCUT2D eigenvalue weighted by molar-refractivity contribution is 0.0635. The first-order chi connectivity index (χ1) is 8.33. The number of nitrogens with two attached hydrogens (primary N) is 1. The van der Waals surface area contributed by atoms with E-state index in [1.165, 1.54) is 11.3 Å². The minimum Gasteiger partial charge on any atom is -0.444 e. The van der Waals surface area contributed by atoms with E-state index in [1.807, 2.05) is 6.07 Å². The Labute approximate surface area is 108 Å². The van der Waals surface area contributed by atoms with Gasteiger partial charge in [-0.15, -0.1) is 0 Å². The number of thiazole rings is 1. The highest BCUT2D eigenvalue weighted by molar-refractivity contribution is 7.21. The number of ether oxygens (including phenoxy) is 1. The Morgan fingerprint density at radius 3 is 2.78 bits per heavy atom. The number of carbonyl (C=O) groups excluding carboxylic acids is 1. The zero-order valence-electron chi connectivity index (χ0n) is 10.4. The van der Waals surface area contributed by atoms with Crippen LogP contribution in [0.1, 0.15) is 20.8 Å². The molecule has 2 heterocycles. The molecule has 0 spiro atoms. The number of anilines is 2. The minimum absolute atomic E-state index is 0.391. The topological polar surface area (TPSA) is 90.1 Å². The average molecular weight is 266 g/mol. The van der Waals surface area contributed by atoms with E-state index in [2.05, 4.69) is 15.3 Å². The molecule has 2 aromatic rings. The Kier molecular flexibility index (Phi) is 3.08. The average Bonchev–Trinajstić information content (AvgIpc) is 2.53. The summed E-state index contributed by atoms with van der Waals surface area (Å²) >= 11 is 1.35. The van der Waals surface area contributed by atoms with Crippen LogP contribution in [0.5, 0.6) is 0 Å². The highest BCUT2D eigenvalue weighted by atomic mass is 32.1. The van der Waals surface area contributed by atoms with Crippen molar-refractivity contribution in [3.05, 3.63) is 12.1 Å². The van der Waals surface area contributed by atoms with E-state index in [1.54, 1.807) is 26.8 Å². The molecule has 0 radical (unpaired) electrons. The number of nitrogens with one attached hydrogen (secondary N) is 1. The monoisotopic (exact) mass is 266 g/mol. The van der Waals surface area contributed by atoms with Gasteiger partial charge in [-0.3, -0.25) is 5.32 Å². The van der Waals surface area contributed by atoms with Gasteiger partial charge in [0.15, 0.2) is 10.8 Å². The first-order valence-corrected chi connectivity index (χ1v) is 6.18. The molecule has 7 heteroatoms. The number of nitrogen functional groups attached to an aromatic ring is 1. The molecule has 0 aliphatic rings. The molecule has 0 unspecified atom stereocenters.